The highest BCUT2D eigenvalue weighted by molar-refractivity contribution is 6.01. The fourth-order valence-corrected chi connectivity index (χ4v) is 6.96. The van der Waals surface area contributed by atoms with E-state index in [9.17, 15) is 19.5 Å². The third-order valence-electron chi connectivity index (χ3n) is 8.58. The maximum Gasteiger partial charge on any atom is 0.303 e. The zero-order chi connectivity index (χ0) is 20.3. The van der Waals surface area contributed by atoms with Crippen molar-refractivity contribution < 1.29 is 24.2 Å². The van der Waals surface area contributed by atoms with Crippen LogP contribution in [0.5, 0.6) is 0 Å². The molecule has 1 N–H and O–H groups in total. The Hall–Kier alpha value is -1.75. The summed E-state index contributed by atoms with van der Waals surface area (Å²) in [6.45, 7) is 5.23. The van der Waals surface area contributed by atoms with Gasteiger partial charge >= 0.3 is 5.97 Å². The summed E-state index contributed by atoms with van der Waals surface area (Å²) in [5, 5.41) is 11.4. The summed E-state index contributed by atoms with van der Waals surface area (Å²) in [7, 11) is 0. The molecule has 152 valence electrons. The summed E-state index contributed by atoms with van der Waals surface area (Å²) in [4.78, 5) is 35.8. The number of aliphatic hydroxyl groups is 1. The van der Waals surface area contributed by atoms with Crippen molar-refractivity contribution in [3.63, 3.8) is 0 Å². The van der Waals surface area contributed by atoms with Crippen molar-refractivity contribution in [1.82, 2.24) is 0 Å². The number of ether oxygens (including phenoxy) is 1. The van der Waals surface area contributed by atoms with Crippen LogP contribution in [0.3, 0.4) is 0 Å². The van der Waals surface area contributed by atoms with Gasteiger partial charge in [-0.2, -0.15) is 0 Å². The third-order valence-corrected chi connectivity index (χ3v) is 8.58. The second kappa shape index (κ2) is 6.38. The fraction of sp³-hybridized carbons (Fsp3) is 0.696. The predicted molar refractivity (Wildman–Crippen MR) is 103 cm³/mol. The average Bonchev–Trinajstić information content (AvgIpc) is 2.92. The Morgan fingerprint density at radius 2 is 1.89 bits per heavy atom. The van der Waals surface area contributed by atoms with E-state index in [4.69, 9.17) is 4.74 Å². The van der Waals surface area contributed by atoms with Gasteiger partial charge < -0.3 is 9.84 Å². The number of carbonyl (C=O) groups is 3. The van der Waals surface area contributed by atoms with Gasteiger partial charge in [0.05, 0.1) is 0 Å². The summed E-state index contributed by atoms with van der Waals surface area (Å²) in [5.41, 5.74) is -0.769. The molecule has 5 heteroatoms. The summed E-state index contributed by atoms with van der Waals surface area (Å²) in [6.07, 6.45) is 10.5. The molecule has 0 aromatic heterocycles. The van der Waals surface area contributed by atoms with Gasteiger partial charge in [-0.1, -0.05) is 25.5 Å². The van der Waals surface area contributed by atoms with Gasteiger partial charge in [0.25, 0.3) is 0 Å². The molecule has 0 bridgehead atoms. The average molecular weight is 386 g/mol. The molecule has 3 saturated carbocycles. The smallest absolute Gasteiger partial charge is 0.303 e. The van der Waals surface area contributed by atoms with Gasteiger partial charge in [-0.25, -0.2) is 0 Å². The molecule has 4 aliphatic carbocycles. The number of hydrogen-bond donors (Lipinski definition) is 1. The van der Waals surface area contributed by atoms with E-state index in [1.165, 1.54) is 12.5 Å². The number of ketones is 2. The third kappa shape index (κ3) is 2.58. The lowest BCUT2D eigenvalue weighted by atomic mass is 9.47. The van der Waals surface area contributed by atoms with Gasteiger partial charge in [0.2, 0.25) is 5.78 Å². The van der Waals surface area contributed by atoms with E-state index in [1.807, 2.05) is 6.08 Å². The summed E-state index contributed by atoms with van der Waals surface area (Å²) < 4.78 is 4.91. The number of fused-ring (bicyclic) bond motifs is 5. The Morgan fingerprint density at radius 1 is 1.18 bits per heavy atom. The zero-order valence-corrected chi connectivity index (χ0v) is 17.0. The molecule has 4 rings (SSSR count). The molecule has 0 unspecified atom stereocenters. The Kier molecular flexibility index (Phi) is 4.46. The van der Waals surface area contributed by atoms with Crippen LogP contribution >= 0.6 is 0 Å². The van der Waals surface area contributed by atoms with Crippen LogP contribution in [0.25, 0.3) is 0 Å². The van der Waals surface area contributed by atoms with Crippen molar-refractivity contribution in [3.05, 3.63) is 23.8 Å². The minimum Gasteiger partial charge on any atom is -0.458 e. The van der Waals surface area contributed by atoms with Crippen LogP contribution < -0.4 is 0 Å². The Labute approximate surface area is 166 Å². The van der Waals surface area contributed by atoms with E-state index in [2.05, 4.69) is 19.9 Å². The van der Waals surface area contributed by atoms with E-state index in [1.54, 1.807) is 6.08 Å². The number of hydrogen-bond acceptors (Lipinski definition) is 5. The van der Waals surface area contributed by atoms with Crippen molar-refractivity contribution >= 4 is 17.5 Å². The maximum absolute atomic E-state index is 12.8. The number of esters is 1. The topological polar surface area (TPSA) is 80.7 Å². The highest BCUT2D eigenvalue weighted by Crippen LogP contribution is 2.67. The van der Waals surface area contributed by atoms with Crippen LogP contribution in [0.4, 0.5) is 0 Å². The second-order valence-corrected chi connectivity index (χ2v) is 9.66. The summed E-state index contributed by atoms with van der Waals surface area (Å²) >= 11 is 0. The zero-order valence-electron chi connectivity index (χ0n) is 17.0. The molecule has 6 atom stereocenters. The lowest BCUT2D eigenvalue weighted by Gasteiger charge is -2.57. The number of allylic oxidation sites excluding steroid dienone is 4. The number of Topliss-reactive ketones (excluding diaryl/α,β-unsaturated/α-hetero) is 1. The Bertz CT molecular complexity index is 795. The quantitative estimate of drug-likeness (QED) is 0.754. The largest absolute Gasteiger partial charge is 0.458 e. The van der Waals surface area contributed by atoms with E-state index in [0.29, 0.717) is 18.3 Å². The molecular weight excluding hydrogens is 356 g/mol. The molecule has 28 heavy (non-hydrogen) atoms. The first-order valence-electron chi connectivity index (χ1n) is 10.4. The maximum atomic E-state index is 12.8. The molecule has 0 saturated heterocycles. The number of rotatable bonds is 3. The first-order chi connectivity index (χ1) is 13.1. The van der Waals surface area contributed by atoms with E-state index in [0.717, 1.165) is 32.1 Å². The van der Waals surface area contributed by atoms with Gasteiger partial charge in [-0.3, -0.25) is 14.4 Å². The van der Waals surface area contributed by atoms with Crippen LogP contribution in [0, 0.1) is 28.6 Å². The minimum atomic E-state index is -1.42. The van der Waals surface area contributed by atoms with Crippen LogP contribution in [0.15, 0.2) is 23.8 Å². The lowest BCUT2D eigenvalue weighted by Crippen LogP contribution is -2.58. The molecule has 0 spiro atoms. The minimum absolute atomic E-state index is 0.0814. The summed E-state index contributed by atoms with van der Waals surface area (Å²) in [6, 6.07) is 0. The monoisotopic (exact) mass is 386 g/mol. The molecule has 5 nitrogen and oxygen atoms in total. The van der Waals surface area contributed by atoms with Crippen LogP contribution in [0.1, 0.15) is 59.3 Å². The molecule has 0 heterocycles. The molecule has 4 aliphatic rings. The standard InChI is InChI=1S/C23H30O5/c1-14(24)28-13-20(26)23(27)11-8-19-17-5-4-15-12-16(25)6-9-21(15,2)18(17)7-10-22(19,23)3/h6,9,12,17-19,27H,4-5,7-8,10-11,13H2,1-3H3/t17-,18+,19+,21+,22+,23+/m0/s1. The van der Waals surface area contributed by atoms with E-state index in [-0.39, 0.29) is 29.5 Å². The van der Waals surface area contributed by atoms with Gasteiger partial charge in [0.15, 0.2) is 12.4 Å². The molecule has 0 amide bonds. The molecule has 0 aliphatic heterocycles. The molecule has 0 aromatic carbocycles. The second-order valence-electron chi connectivity index (χ2n) is 9.66. The molecular formula is C23H30O5. The van der Waals surface area contributed by atoms with E-state index < -0.39 is 17.0 Å². The summed E-state index contributed by atoms with van der Waals surface area (Å²) in [5.74, 6) is 0.338. The van der Waals surface area contributed by atoms with E-state index >= 15 is 0 Å². The van der Waals surface area contributed by atoms with Crippen LogP contribution in [0.2, 0.25) is 0 Å². The van der Waals surface area contributed by atoms with Gasteiger partial charge in [-0.05, 0) is 68.4 Å². The molecule has 0 radical (unpaired) electrons. The highest BCUT2D eigenvalue weighted by Gasteiger charge is 2.66. The highest BCUT2D eigenvalue weighted by atomic mass is 16.5. The molecule has 3 fully saturated rings. The van der Waals surface area contributed by atoms with Gasteiger partial charge in [0.1, 0.15) is 5.60 Å². The van der Waals surface area contributed by atoms with Gasteiger partial charge in [-0.15, -0.1) is 0 Å². The SMILES string of the molecule is CC(=O)OCC(=O)[C@]1(O)CC[C@@H]2[C@H]3CCC4=CC(=O)C=C[C@@]4(C)[C@@H]3CC[C@]21C. The van der Waals surface area contributed by atoms with Crippen LogP contribution in [-0.4, -0.2) is 34.9 Å². The Morgan fingerprint density at radius 3 is 2.61 bits per heavy atom. The van der Waals surface area contributed by atoms with Gasteiger partial charge in [0, 0.05) is 17.8 Å². The molecule has 0 aromatic rings. The van der Waals surface area contributed by atoms with Crippen molar-refractivity contribution in [2.75, 3.05) is 6.61 Å². The Balaban J connectivity index is 1.61. The van der Waals surface area contributed by atoms with Crippen LogP contribution in [-0.2, 0) is 19.1 Å². The first kappa shape index (κ1) is 19.6. The normalized spacial score (nSPS) is 44.2. The first-order valence-corrected chi connectivity index (χ1v) is 10.4. The van der Waals surface area contributed by atoms with Crippen molar-refractivity contribution in [3.8, 4) is 0 Å². The predicted octanol–water partition coefficient (Wildman–Crippen LogP) is 3.16. The fourth-order valence-electron chi connectivity index (χ4n) is 6.96. The van der Waals surface area contributed by atoms with Crippen molar-refractivity contribution in [2.45, 2.75) is 64.9 Å². The van der Waals surface area contributed by atoms with Crippen molar-refractivity contribution in [2.24, 2.45) is 28.6 Å². The van der Waals surface area contributed by atoms with Crippen molar-refractivity contribution in [1.29, 1.82) is 0 Å². The number of carbonyl (C=O) groups excluding carboxylic acids is 3. The lowest BCUT2D eigenvalue weighted by molar-refractivity contribution is -0.168.